The number of carbonyl (C=O) groups is 1. The number of hydrogen-bond donors (Lipinski definition) is 1. The highest BCUT2D eigenvalue weighted by Gasteiger charge is 2.48. The summed E-state index contributed by atoms with van der Waals surface area (Å²) in [6.07, 6.45) is -1.53. The van der Waals surface area contributed by atoms with Gasteiger partial charge in [-0.25, -0.2) is 0 Å². The van der Waals surface area contributed by atoms with Crippen LogP contribution in [0.1, 0.15) is 37.0 Å². The van der Waals surface area contributed by atoms with Crippen LogP contribution < -0.4 is 14.8 Å². The van der Waals surface area contributed by atoms with Crippen molar-refractivity contribution >= 4 is 5.91 Å². The first-order valence-corrected chi connectivity index (χ1v) is 8.22. The molecular weight excluding hydrogens is 318 g/mol. The van der Waals surface area contributed by atoms with Crippen LogP contribution in [0.15, 0.2) is 18.2 Å². The Bertz CT molecular complexity index is 684. The predicted octanol–water partition coefficient (Wildman–Crippen LogP) is 2.61. The Morgan fingerprint density at radius 1 is 1.21 bits per heavy atom. The number of nitrogens with one attached hydrogen (secondary N) is 1. The fourth-order valence-electron chi connectivity index (χ4n) is 4.19. The maximum Gasteiger partial charge on any atom is 0.586 e. The standard InChI is InChI=1S/C17H20F2N2O3/c1-16(2)14(10-5-7-21(16)8-6-10)20-15(22)11-3-4-12-13(9-11)24-17(18,19)23-12/h3-4,9-10,14H,5-8H2,1-2H3,(H,20,22)/t14-/m1/s1. The van der Waals surface area contributed by atoms with Crippen molar-refractivity contribution in [3.63, 3.8) is 0 Å². The molecule has 0 spiro atoms. The lowest BCUT2D eigenvalue weighted by molar-refractivity contribution is -0.286. The summed E-state index contributed by atoms with van der Waals surface area (Å²) >= 11 is 0. The van der Waals surface area contributed by atoms with Crippen LogP contribution in [0.25, 0.3) is 0 Å². The van der Waals surface area contributed by atoms with Crippen LogP contribution >= 0.6 is 0 Å². The zero-order chi connectivity index (χ0) is 17.1. The summed E-state index contributed by atoms with van der Waals surface area (Å²) in [5.74, 6) is 0.0104. The van der Waals surface area contributed by atoms with Gasteiger partial charge in [0.05, 0.1) is 0 Å². The van der Waals surface area contributed by atoms with Crippen molar-refractivity contribution < 1.29 is 23.0 Å². The molecule has 1 aromatic rings. The van der Waals surface area contributed by atoms with E-state index in [1.54, 1.807) is 0 Å². The van der Waals surface area contributed by atoms with Gasteiger partial charge in [-0.2, -0.15) is 0 Å². The highest BCUT2D eigenvalue weighted by atomic mass is 19.3. The number of rotatable bonds is 2. The topological polar surface area (TPSA) is 50.8 Å². The fraction of sp³-hybridized carbons (Fsp3) is 0.588. The molecule has 3 fully saturated rings. The van der Waals surface area contributed by atoms with E-state index in [1.165, 1.54) is 18.2 Å². The number of carbonyl (C=O) groups excluding carboxylic acids is 1. The van der Waals surface area contributed by atoms with E-state index in [1.807, 2.05) is 0 Å². The molecule has 2 bridgehead atoms. The maximum absolute atomic E-state index is 13.1. The number of piperidine rings is 3. The fourth-order valence-corrected chi connectivity index (χ4v) is 4.19. The molecule has 130 valence electrons. The number of ether oxygens (including phenoxy) is 2. The molecule has 3 saturated heterocycles. The third-order valence-electron chi connectivity index (χ3n) is 5.54. The first-order chi connectivity index (χ1) is 11.3. The molecule has 1 amide bonds. The van der Waals surface area contributed by atoms with Crippen LogP contribution in [0.5, 0.6) is 11.5 Å². The van der Waals surface area contributed by atoms with Gasteiger partial charge in [-0.05, 0) is 63.9 Å². The number of hydrogen-bond acceptors (Lipinski definition) is 4. The molecule has 5 nitrogen and oxygen atoms in total. The lowest BCUT2D eigenvalue weighted by Crippen LogP contribution is -2.69. The van der Waals surface area contributed by atoms with Crippen molar-refractivity contribution in [2.24, 2.45) is 5.92 Å². The van der Waals surface area contributed by atoms with Gasteiger partial charge in [0.2, 0.25) is 0 Å². The van der Waals surface area contributed by atoms with Gasteiger partial charge in [0.1, 0.15) is 0 Å². The van der Waals surface area contributed by atoms with Crippen molar-refractivity contribution in [1.29, 1.82) is 0 Å². The molecule has 4 aliphatic rings. The molecule has 24 heavy (non-hydrogen) atoms. The van der Waals surface area contributed by atoms with Crippen LogP contribution in [-0.4, -0.2) is 41.8 Å². The first kappa shape index (κ1) is 15.6. The first-order valence-electron chi connectivity index (χ1n) is 8.22. The summed E-state index contributed by atoms with van der Waals surface area (Å²) in [5.41, 5.74) is 0.183. The smallest absolute Gasteiger partial charge is 0.395 e. The molecule has 1 N–H and O–H groups in total. The van der Waals surface area contributed by atoms with Crippen LogP contribution in [-0.2, 0) is 0 Å². The van der Waals surface area contributed by atoms with Crippen molar-refractivity contribution in [3.8, 4) is 11.5 Å². The van der Waals surface area contributed by atoms with Crippen LogP contribution in [0.3, 0.4) is 0 Å². The average Bonchev–Trinajstić information content (AvgIpc) is 2.83. The number of nitrogens with zero attached hydrogens (tertiary/aromatic N) is 1. The van der Waals surface area contributed by atoms with Crippen LogP contribution in [0, 0.1) is 5.92 Å². The average molecular weight is 338 g/mol. The molecule has 0 radical (unpaired) electrons. The Kier molecular flexibility index (Phi) is 3.29. The Balaban J connectivity index is 1.53. The summed E-state index contributed by atoms with van der Waals surface area (Å²) in [7, 11) is 0. The second-order valence-corrected chi connectivity index (χ2v) is 7.26. The second-order valence-electron chi connectivity index (χ2n) is 7.26. The molecule has 5 rings (SSSR count). The zero-order valence-corrected chi connectivity index (χ0v) is 13.6. The minimum Gasteiger partial charge on any atom is -0.395 e. The van der Waals surface area contributed by atoms with Gasteiger partial charge in [-0.1, -0.05) is 0 Å². The summed E-state index contributed by atoms with van der Waals surface area (Å²) in [6, 6.07) is 4.17. The third kappa shape index (κ3) is 2.42. The van der Waals surface area contributed by atoms with Crippen LogP contribution in [0.2, 0.25) is 0 Å². The van der Waals surface area contributed by atoms with Crippen molar-refractivity contribution in [2.75, 3.05) is 13.1 Å². The monoisotopic (exact) mass is 338 g/mol. The van der Waals surface area contributed by atoms with E-state index in [0.29, 0.717) is 11.5 Å². The van der Waals surface area contributed by atoms with E-state index in [4.69, 9.17) is 0 Å². The van der Waals surface area contributed by atoms with E-state index in [0.717, 1.165) is 25.9 Å². The zero-order valence-electron chi connectivity index (χ0n) is 13.6. The lowest BCUT2D eigenvalue weighted by atomic mass is 9.72. The molecule has 0 aromatic heterocycles. The van der Waals surface area contributed by atoms with Gasteiger partial charge in [-0.15, -0.1) is 8.78 Å². The predicted molar refractivity (Wildman–Crippen MR) is 82.3 cm³/mol. The Hall–Kier alpha value is -1.89. The molecule has 4 heterocycles. The van der Waals surface area contributed by atoms with E-state index in [2.05, 4.69) is 33.5 Å². The molecule has 0 unspecified atom stereocenters. The summed E-state index contributed by atoms with van der Waals surface area (Å²) in [5, 5.41) is 3.10. The lowest BCUT2D eigenvalue weighted by Gasteiger charge is -2.56. The van der Waals surface area contributed by atoms with E-state index >= 15 is 0 Å². The molecular formula is C17H20F2N2O3. The molecule has 0 aliphatic carbocycles. The van der Waals surface area contributed by atoms with E-state index in [9.17, 15) is 13.6 Å². The summed E-state index contributed by atoms with van der Waals surface area (Å²) in [4.78, 5) is 15.0. The number of alkyl halides is 2. The minimum absolute atomic E-state index is 0.0411. The minimum atomic E-state index is -3.67. The largest absolute Gasteiger partial charge is 0.586 e. The van der Waals surface area contributed by atoms with Crippen LogP contribution in [0.4, 0.5) is 8.78 Å². The second kappa shape index (κ2) is 5.05. The van der Waals surface area contributed by atoms with E-state index in [-0.39, 0.29) is 29.0 Å². The number of amides is 1. The molecule has 4 aliphatic heterocycles. The molecule has 7 heteroatoms. The van der Waals surface area contributed by atoms with E-state index < -0.39 is 6.29 Å². The number of benzene rings is 1. The Morgan fingerprint density at radius 3 is 2.54 bits per heavy atom. The number of fused-ring (bicyclic) bond motifs is 4. The van der Waals surface area contributed by atoms with Crippen molar-refractivity contribution in [2.45, 2.75) is 44.6 Å². The van der Waals surface area contributed by atoms with Gasteiger partial charge < -0.3 is 14.8 Å². The summed E-state index contributed by atoms with van der Waals surface area (Å²) < 4.78 is 35.0. The maximum atomic E-state index is 13.1. The summed E-state index contributed by atoms with van der Waals surface area (Å²) in [6.45, 7) is 6.40. The van der Waals surface area contributed by atoms with Gasteiger partial charge in [0, 0.05) is 17.1 Å². The normalized spacial score (nSPS) is 31.8. The van der Waals surface area contributed by atoms with Gasteiger partial charge in [0.15, 0.2) is 11.5 Å². The highest BCUT2D eigenvalue weighted by molar-refractivity contribution is 5.95. The Labute approximate surface area is 138 Å². The Morgan fingerprint density at radius 2 is 1.88 bits per heavy atom. The van der Waals surface area contributed by atoms with Gasteiger partial charge in [0.25, 0.3) is 5.91 Å². The third-order valence-corrected chi connectivity index (χ3v) is 5.54. The SMILES string of the molecule is CC1(C)[C@H](NC(=O)c2ccc3c(c2)OC(F)(F)O3)C2CCN1CC2. The van der Waals surface area contributed by atoms with Gasteiger partial charge >= 0.3 is 6.29 Å². The van der Waals surface area contributed by atoms with Crippen molar-refractivity contribution in [3.05, 3.63) is 23.8 Å². The highest BCUT2D eigenvalue weighted by Crippen LogP contribution is 2.42. The molecule has 1 aromatic carbocycles. The molecule has 1 atom stereocenters. The molecule has 0 saturated carbocycles. The van der Waals surface area contributed by atoms with Crippen molar-refractivity contribution in [1.82, 2.24) is 10.2 Å². The van der Waals surface area contributed by atoms with Gasteiger partial charge in [-0.3, -0.25) is 9.69 Å². The quantitative estimate of drug-likeness (QED) is 0.901. The number of halogens is 2.